The Bertz CT molecular complexity index is 1170. The Kier molecular flexibility index (Phi) is 5.61. The van der Waals surface area contributed by atoms with E-state index in [-0.39, 0.29) is 43.6 Å². The van der Waals surface area contributed by atoms with Gasteiger partial charge in [0.05, 0.1) is 12.5 Å². The van der Waals surface area contributed by atoms with Crippen molar-refractivity contribution in [2.24, 2.45) is 13.0 Å². The Morgan fingerprint density at radius 3 is 2.81 bits per heavy atom. The van der Waals surface area contributed by atoms with Crippen molar-refractivity contribution in [1.29, 1.82) is 0 Å². The molecular weight excluding hydrogens is 403 g/mol. The van der Waals surface area contributed by atoms with Gasteiger partial charge in [-0.05, 0) is 30.3 Å². The lowest BCUT2D eigenvalue weighted by Crippen LogP contribution is -2.36. The van der Waals surface area contributed by atoms with Crippen LogP contribution in [0.5, 0.6) is 0 Å². The average Bonchev–Trinajstić information content (AvgIpc) is 3.29. The molecule has 1 atom stereocenters. The van der Waals surface area contributed by atoms with Gasteiger partial charge in [-0.15, -0.1) is 5.10 Å². The molecule has 1 saturated heterocycles. The molecule has 9 nitrogen and oxygen atoms in total. The molecule has 2 amide bonds. The van der Waals surface area contributed by atoms with Gasteiger partial charge in [0.1, 0.15) is 11.5 Å². The summed E-state index contributed by atoms with van der Waals surface area (Å²) in [6.07, 6.45) is 1.67. The van der Waals surface area contributed by atoms with Crippen LogP contribution in [0.1, 0.15) is 6.42 Å². The maximum absolute atomic E-state index is 13.4. The number of anilines is 1. The van der Waals surface area contributed by atoms with Gasteiger partial charge in [0.2, 0.25) is 11.8 Å². The van der Waals surface area contributed by atoms with Crippen LogP contribution >= 0.6 is 0 Å². The number of halogens is 1. The Morgan fingerprint density at radius 2 is 2.06 bits per heavy atom. The zero-order chi connectivity index (χ0) is 22.0. The van der Waals surface area contributed by atoms with E-state index < -0.39 is 11.7 Å². The highest BCUT2D eigenvalue weighted by Crippen LogP contribution is 2.25. The van der Waals surface area contributed by atoms with Crippen LogP contribution in [0.25, 0.3) is 11.5 Å². The van der Waals surface area contributed by atoms with Crippen molar-refractivity contribution >= 4 is 17.5 Å². The fourth-order valence-corrected chi connectivity index (χ4v) is 3.56. The molecule has 0 spiro atoms. The predicted octanol–water partition coefficient (Wildman–Crippen LogP) is 0.952. The first kappa shape index (κ1) is 20.5. The number of nitrogens with one attached hydrogen (secondary N) is 1. The zero-order valence-corrected chi connectivity index (χ0v) is 16.9. The van der Waals surface area contributed by atoms with Crippen molar-refractivity contribution in [3.05, 3.63) is 65.0 Å². The standard InChI is InChI=1S/C21H21FN6O3/c1-26-19(17-7-2-3-8-23-17)25-28(21(26)31)10-9-24-20(30)14-11-18(29)27(13-14)16-6-4-5-15(22)12-16/h2-8,12,14H,9-11,13H2,1H3,(H,24,30)/t14-/m0/s1. The summed E-state index contributed by atoms with van der Waals surface area (Å²) in [4.78, 5) is 42.8. The van der Waals surface area contributed by atoms with Gasteiger partial charge in [-0.1, -0.05) is 12.1 Å². The summed E-state index contributed by atoms with van der Waals surface area (Å²) in [5, 5.41) is 7.06. The minimum absolute atomic E-state index is 0.0513. The zero-order valence-electron chi connectivity index (χ0n) is 16.9. The van der Waals surface area contributed by atoms with Crippen molar-refractivity contribution in [1.82, 2.24) is 24.6 Å². The average molecular weight is 424 g/mol. The molecule has 3 heterocycles. The van der Waals surface area contributed by atoms with Crippen molar-refractivity contribution in [3.63, 3.8) is 0 Å². The van der Waals surface area contributed by atoms with Gasteiger partial charge in [0, 0.05) is 38.4 Å². The molecule has 1 aliphatic heterocycles. The molecule has 0 saturated carbocycles. The largest absolute Gasteiger partial charge is 0.354 e. The van der Waals surface area contributed by atoms with Crippen LogP contribution in [0, 0.1) is 11.7 Å². The number of carbonyl (C=O) groups is 2. The molecule has 0 aliphatic carbocycles. The van der Waals surface area contributed by atoms with Crippen molar-refractivity contribution < 1.29 is 14.0 Å². The van der Waals surface area contributed by atoms with Gasteiger partial charge in [-0.2, -0.15) is 0 Å². The van der Waals surface area contributed by atoms with E-state index in [1.54, 1.807) is 31.4 Å². The molecule has 4 rings (SSSR count). The lowest BCUT2D eigenvalue weighted by atomic mass is 10.1. The highest BCUT2D eigenvalue weighted by Gasteiger charge is 2.35. The van der Waals surface area contributed by atoms with Crippen LogP contribution in [0.4, 0.5) is 10.1 Å². The first-order valence-corrected chi connectivity index (χ1v) is 9.83. The van der Waals surface area contributed by atoms with Gasteiger partial charge in [-0.25, -0.2) is 13.9 Å². The maximum atomic E-state index is 13.4. The van der Waals surface area contributed by atoms with E-state index in [4.69, 9.17) is 0 Å². The minimum atomic E-state index is -0.541. The minimum Gasteiger partial charge on any atom is -0.354 e. The number of nitrogens with zero attached hydrogens (tertiary/aromatic N) is 5. The molecule has 2 aromatic heterocycles. The molecule has 1 fully saturated rings. The Hall–Kier alpha value is -3.82. The van der Waals surface area contributed by atoms with E-state index in [2.05, 4.69) is 15.4 Å². The Morgan fingerprint density at radius 1 is 1.23 bits per heavy atom. The van der Waals surface area contributed by atoms with Crippen LogP contribution in [0.3, 0.4) is 0 Å². The molecule has 31 heavy (non-hydrogen) atoms. The molecule has 160 valence electrons. The third-order valence-electron chi connectivity index (χ3n) is 5.17. The van der Waals surface area contributed by atoms with E-state index in [9.17, 15) is 18.8 Å². The van der Waals surface area contributed by atoms with E-state index in [0.29, 0.717) is 17.2 Å². The molecule has 0 bridgehead atoms. The second-order valence-electron chi connectivity index (χ2n) is 7.28. The number of pyridine rings is 1. The summed E-state index contributed by atoms with van der Waals surface area (Å²) in [6.45, 7) is 0.545. The Labute approximate surface area is 177 Å². The van der Waals surface area contributed by atoms with Gasteiger partial charge >= 0.3 is 5.69 Å². The van der Waals surface area contributed by atoms with E-state index in [1.807, 2.05) is 6.07 Å². The predicted molar refractivity (Wildman–Crippen MR) is 111 cm³/mol. The van der Waals surface area contributed by atoms with Crippen LogP contribution in [-0.4, -0.2) is 44.2 Å². The van der Waals surface area contributed by atoms with Crippen molar-refractivity contribution in [2.45, 2.75) is 13.0 Å². The SMILES string of the molecule is Cn1c(-c2ccccn2)nn(CCNC(=O)[C@H]2CC(=O)N(c3cccc(F)c3)C2)c1=O. The second-order valence-corrected chi connectivity index (χ2v) is 7.28. The summed E-state index contributed by atoms with van der Waals surface area (Å²) >= 11 is 0. The molecule has 0 radical (unpaired) electrons. The van der Waals surface area contributed by atoms with E-state index in [1.165, 1.54) is 32.3 Å². The van der Waals surface area contributed by atoms with Crippen LogP contribution in [0.15, 0.2) is 53.5 Å². The molecule has 10 heteroatoms. The summed E-state index contributed by atoms with van der Waals surface area (Å²) in [6, 6.07) is 11.1. The van der Waals surface area contributed by atoms with Gasteiger partial charge < -0.3 is 10.2 Å². The fraction of sp³-hybridized carbons (Fsp3) is 0.286. The number of amides is 2. The number of hydrogen-bond acceptors (Lipinski definition) is 5. The summed E-state index contributed by atoms with van der Waals surface area (Å²) < 4.78 is 16.1. The highest BCUT2D eigenvalue weighted by molar-refractivity contribution is 6.00. The van der Waals surface area contributed by atoms with Gasteiger partial charge in [0.15, 0.2) is 5.82 Å². The van der Waals surface area contributed by atoms with Crippen LogP contribution < -0.4 is 15.9 Å². The normalized spacial score (nSPS) is 16.0. The van der Waals surface area contributed by atoms with E-state index >= 15 is 0 Å². The van der Waals surface area contributed by atoms with Crippen molar-refractivity contribution in [2.75, 3.05) is 18.0 Å². The third kappa shape index (κ3) is 4.23. The number of rotatable bonds is 6. The van der Waals surface area contributed by atoms with Gasteiger partial charge in [0.25, 0.3) is 0 Å². The highest BCUT2D eigenvalue weighted by atomic mass is 19.1. The van der Waals surface area contributed by atoms with Crippen LogP contribution in [-0.2, 0) is 23.2 Å². The first-order chi connectivity index (χ1) is 14.9. The molecular formula is C21H21FN6O3. The van der Waals surface area contributed by atoms with Gasteiger partial charge in [-0.3, -0.25) is 19.1 Å². The first-order valence-electron chi connectivity index (χ1n) is 9.83. The number of aromatic nitrogens is 4. The molecule has 0 unspecified atom stereocenters. The topological polar surface area (TPSA) is 102 Å². The summed E-state index contributed by atoms with van der Waals surface area (Å²) in [5.74, 6) is -1.07. The third-order valence-corrected chi connectivity index (χ3v) is 5.17. The fourth-order valence-electron chi connectivity index (χ4n) is 3.56. The maximum Gasteiger partial charge on any atom is 0.346 e. The Balaban J connectivity index is 1.36. The molecule has 3 aromatic rings. The molecule has 1 aliphatic rings. The number of carbonyl (C=O) groups excluding carboxylic acids is 2. The van der Waals surface area contributed by atoms with Crippen molar-refractivity contribution in [3.8, 4) is 11.5 Å². The van der Waals surface area contributed by atoms with Crippen LogP contribution in [0.2, 0.25) is 0 Å². The smallest absolute Gasteiger partial charge is 0.346 e. The summed E-state index contributed by atoms with van der Waals surface area (Å²) in [7, 11) is 1.61. The monoisotopic (exact) mass is 424 g/mol. The summed E-state index contributed by atoms with van der Waals surface area (Å²) in [5.41, 5.74) is 0.692. The lowest BCUT2D eigenvalue weighted by Gasteiger charge is -2.16. The lowest BCUT2D eigenvalue weighted by molar-refractivity contribution is -0.126. The second kappa shape index (κ2) is 8.50. The molecule has 1 aromatic carbocycles. The number of hydrogen-bond donors (Lipinski definition) is 1. The number of benzene rings is 1. The quantitative estimate of drug-likeness (QED) is 0.635. The molecule has 1 N–H and O–H groups in total. The van der Waals surface area contributed by atoms with E-state index in [0.717, 1.165) is 0 Å².